The summed E-state index contributed by atoms with van der Waals surface area (Å²) in [5.74, 6) is 1.89. The maximum absolute atomic E-state index is 9.75. The van der Waals surface area contributed by atoms with Crippen LogP contribution in [0, 0.1) is 5.92 Å². The summed E-state index contributed by atoms with van der Waals surface area (Å²) in [5.41, 5.74) is 2.70. The van der Waals surface area contributed by atoms with Gasteiger partial charge >= 0.3 is 0 Å². The number of fused-ring (bicyclic) bond motifs is 1. The van der Waals surface area contributed by atoms with Gasteiger partial charge in [0.25, 0.3) is 0 Å². The van der Waals surface area contributed by atoms with Crippen LogP contribution in [0.4, 0.5) is 0 Å². The number of aromatic nitrogens is 4. The van der Waals surface area contributed by atoms with Gasteiger partial charge in [-0.2, -0.15) is 0 Å². The fourth-order valence-corrected chi connectivity index (χ4v) is 4.52. The molecule has 0 spiro atoms. The summed E-state index contributed by atoms with van der Waals surface area (Å²) >= 11 is 9.86. The molecule has 3 aromatic rings. The number of halogens is 2. The molecule has 30 heavy (non-hydrogen) atoms. The van der Waals surface area contributed by atoms with Gasteiger partial charge in [-0.3, -0.25) is 4.90 Å². The van der Waals surface area contributed by atoms with Gasteiger partial charge in [-0.05, 0) is 65.7 Å². The van der Waals surface area contributed by atoms with E-state index in [1.165, 1.54) is 12.8 Å². The lowest BCUT2D eigenvalue weighted by Gasteiger charge is -2.29. The molecule has 158 valence electrons. The van der Waals surface area contributed by atoms with Gasteiger partial charge in [0.15, 0.2) is 0 Å². The quantitative estimate of drug-likeness (QED) is 0.550. The number of rotatable bonds is 6. The van der Waals surface area contributed by atoms with Gasteiger partial charge in [-0.15, -0.1) is 5.10 Å². The first-order valence-corrected chi connectivity index (χ1v) is 11.5. The number of pyridine rings is 1. The standard InChI is InChI=1S/C21H23BrClN5O2/c22-19-18(4-3-17-20(19)25-26-28(17)11-13-1-2-13)30-21-14(9-15(23)10-24-21)12-27-7-5-16(29)6-8-27/h3-4,9-10,13,16,29H,1-2,5-8,11-12H2. The summed E-state index contributed by atoms with van der Waals surface area (Å²) in [6, 6.07) is 5.82. The van der Waals surface area contributed by atoms with Crippen LogP contribution in [-0.2, 0) is 13.1 Å². The molecule has 1 aromatic carbocycles. The Hall–Kier alpha value is -1.74. The van der Waals surface area contributed by atoms with Crippen LogP contribution in [0.3, 0.4) is 0 Å². The van der Waals surface area contributed by atoms with Crippen LogP contribution in [-0.4, -0.2) is 49.2 Å². The largest absolute Gasteiger partial charge is 0.437 e. The topological polar surface area (TPSA) is 76.3 Å². The molecule has 2 aromatic heterocycles. The Kier molecular flexibility index (Phi) is 5.66. The van der Waals surface area contributed by atoms with Gasteiger partial charge in [0.2, 0.25) is 5.88 Å². The summed E-state index contributed by atoms with van der Waals surface area (Å²) in [5, 5.41) is 19.0. The minimum atomic E-state index is -0.203. The summed E-state index contributed by atoms with van der Waals surface area (Å²) in [6.07, 6.45) is 5.49. The smallest absolute Gasteiger partial charge is 0.223 e. The highest BCUT2D eigenvalue weighted by atomic mass is 79.9. The van der Waals surface area contributed by atoms with E-state index in [0.29, 0.717) is 23.2 Å². The first-order chi connectivity index (χ1) is 14.6. The van der Waals surface area contributed by atoms with Crippen molar-refractivity contribution < 1.29 is 9.84 Å². The number of aliphatic hydroxyl groups is 1. The van der Waals surface area contributed by atoms with E-state index >= 15 is 0 Å². The molecule has 9 heteroatoms. The number of nitrogens with zero attached hydrogens (tertiary/aromatic N) is 5. The lowest BCUT2D eigenvalue weighted by atomic mass is 10.1. The molecular weight excluding hydrogens is 470 g/mol. The first kappa shape index (κ1) is 20.2. The van der Waals surface area contributed by atoms with Gasteiger partial charge in [0, 0.05) is 37.9 Å². The Bertz CT molecular complexity index is 1060. The SMILES string of the molecule is OC1CCN(Cc2cc(Cl)cnc2Oc2ccc3c(nnn3CC3CC3)c2Br)CC1. The highest BCUT2D eigenvalue weighted by Gasteiger charge is 2.24. The maximum atomic E-state index is 9.75. The maximum Gasteiger partial charge on any atom is 0.223 e. The van der Waals surface area contributed by atoms with Crippen LogP contribution in [0.2, 0.25) is 5.02 Å². The van der Waals surface area contributed by atoms with E-state index < -0.39 is 0 Å². The third-order valence-corrected chi connectivity index (χ3v) is 6.74. The molecule has 1 aliphatic carbocycles. The minimum Gasteiger partial charge on any atom is -0.437 e. The molecule has 1 saturated carbocycles. The summed E-state index contributed by atoms with van der Waals surface area (Å²) in [7, 11) is 0. The van der Waals surface area contributed by atoms with Crippen LogP contribution < -0.4 is 4.74 Å². The molecule has 7 nitrogen and oxygen atoms in total. The van der Waals surface area contributed by atoms with Gasteiger partial charge in [0.1, 0.15) is 11.3 Å². The first-order valence-electron chi connectivity index (χ1n) is 10.3. The number of piperidine rings is 1. The van der Waals surface area contributed by atoms with Crippen LogP contribution in [0.25, 0.3) is 11.0 Å². The molecule has 0 radical (unpaired) electrons. The molecule has 2 aliphatic rings. The Morgan fingerprint density at radius 2 is 2.00 bits per heavy atom. The predicted molar refractivity (Wildman–Crippen MR) is 118 cm³/mol. The van der Waals surface area contributed by atoms with Crippen LogP contribution in [0.1, 0.15) is 31.2 Å². The van der Waals surface area contributed by atoms with Crippen molar-refractivity contribution in [2.75, 3.05) is 13.1 Å². The van der Waals surface area contributed by atoms with Crippen LogP contribution in [0.5, 0.6) is 11.6 Å². The van der Waals surface area contributed by atoms with Crippen molar-refractivity contribution in [3.8, 4) is 11.6 Å². The van der Waals surface area contributed by atoms with Gasteiger partial charge in [-0.1, -0.05) is 16.8 Å². The highest BCUT2D eigenvalue weighted by molar-refractivity contribution is 9.10. The second-order valence-electron chi connectivity index (χ2n) is 8.19. The van der Waals surface area contributed by atoms with E-state index in [9.17, 15) is 5.11 Å². The third-order valence-electron chi connectivity index (χ3n) is 5.77. The van der Waals surface area contributed by atoms with Crippen molar-refractivity contribution in [1.29, 1.82) is 0 Å². The molecule has 5 rings (SSSR count). The number of benzene rings is 1. The summed E-state index contributed by atoms with van der Waals surface area (Å²) in [6.45, 7) is 3.27. The van der Waals surface area contributed by atoms with Crippen molar-refractivity contribution in [2.24, 2.45) is 5.92 Å². The molecule has 0 bridgehead atoms. The second-order valence-corrected chi connectivity index (χ2v) is 9.42. The third kappa shape index (κ3) is 4.32. The summed E-state index contributed by atoms with van der Waals surface area (Å²) < 4.78 is 8.94. The average Bonchev–Trinajstić information content (AvgIpc) is 3.46. The molecule has 1 saturated heterocycles. The summed E-state index contributed by atoms with van der Waals surface area (Å²) in [4.78, 5) is 6.72. The Morgan fingerprint density at radius 3 is 2.77 bits per heavy atom. The molecule has 0 amide bonds. The van der Waals surface area contributed by atoms with E-state index in [0.717, 1.165) is 59.5 Å². The van der Waals surface area contributed by atoms with Crippen molar-refractivity contribution in [2.45, 2.75) is 44.9 Å². The minimum absolute atomic E-state index is 0.203. The number of hydrogen-bond donors (Lipinski definition) is 1. The van der Waals surface area contributed by atoms with Gasteiger partial charge in [0.05, 0.1) is 21.1 Å². The van der Waals surface area contributed by atoms with Gasteiger partial charge in [-0.25, -0.2) is 9.67 Å². The van der Waals surface area contributed by atoms with Crippen molar-refractivity contribution in [3.63, 3.8) is 0 Å². The fourth-order valence-electron chi connectivity index (χ4n) is 3.84. The average molecular weight is 493 g/mol. The zero-order chi connectivity index (χ0) is 20.7. The van der Waals surface area contributed by atoms with Crippen LogP contribution in [0.15, 0.2) is 28.9 Å². The number of likely N-dealkylation sites (tertiary alicyclic amines) is 1. The Morgan fingerprint density at radius 1 is 1.20 bits per heavy atom. The molecule has 3 heterocycles. The highest BCUT2D eigenvalue weighted by Crippen LogP contribution is 2.37. The number of ether oxygens (including phenoxy) is 1. The zero-order valence-electron chi connectivity index (χ0n) is 16.5. The van der Waals surface area contributed by atoms with Crippen molar-refractivity contribution in [3.05, 3.63) is 39.5 Å². The van der Waals surface area contributed by atoms with E-state index in [-0.39, 0.29) is 6.10 Å². The molecule has 1 aliphatic heterocycles. The van der Waals surface area contributed by atoms with Crippen LogP contribution >= 0.6 is 27.5 Å². The second kappa shape index (κ2) is 8.42. The molecular formula is C21H23BrClN5O2. The molecule has 1 N–H and O–H groups in total. The lowest BCUT2D eigenvalue weighted by Crippen LogP contribution is -2.35. The monoisotopic (exact) mass is 491 g/mol. The van der Waals surface area contributed by atoms with E-state index in [1.54, 1.807) is 6.20 Å². The molecule has 0 atom stereocenters. The Labute approximate surface area is 188 Å². The lowest BCUT2D eigenvalue weighted by molar-refractivity contribution is 0.0789. The Balaban J connectivity index is 1.39. The zero-order valence-corrected chi connectivity index (χ0v) is 18.8. The normalized spacial score (nSPS) is 18.2. The predicted octanol–water partition coefficient (Wildman–Crippen LogP) is 4.40. The fraction of sp³-hybridized carbons (Fsp3) is 0.476. The van der Waals surface area contributed by atoms with Crippen molar-refractivity contribution >= 4 is 38.6 Å². The van der Waals surface area contributed by atoms with Gasteiger partial charge < -0.3 is 9.84 Å². The number of hydrogen-bond acceptors (Lipinski definition) is 6. The molecule has 2 fully saturated rings. The number of aliphatic hydroxyl groups excluding tert-OH is 1. The van der Waals surface area contributed by atoms with E-state index in [2.05, 4.69) is 36.1 Å². The van der Waals surface area contributed by atoms with E-state index in [4.69, 9.17) is 16.3 Å². The molecule has 0 unspecified atom stereocenters. The van der Waals surface area contributed by atoms with E-state index in [1.807, 2.05) is 22.9 Å². The van der Waals surface area contributed by atoms with Crippen molar-refractivity contribution in [1.82, 2.24) is 24.9 Å².